The van der Waals surface area contributed by atoms with E-state index >= 15 is 0 Å². The maximum atomic E-state index is 5.69. The van der Waals surface area contributed by atoms with Gasteiger partial charge in [-0.1, -0.05) is 23.4 Å². The molecule has 2 heterocycles. The second-order valence-corrected chi connectivity index (χ2v) is 4.87. The second kappa shape index (κ2) is 4.08. The van der Waals surface area contributed by atoms with Gasteiger partial charge in [0.1, 0.15) is 5.03 Å². The van der Waals surface area contributed by atoms with E-state index in [1.165, 1.54) is 11.3 Å². The van der Waals surface area contributed by atoms with Crippen LogP contribution in [0.5, 0.6) is 0 Å². The average Bonchev–Trinajstić information content (AvgIpc) is 2.71. The SMILES string of the molecule is Clc1ncc(CSc2cn[nH]n2)s1. The first-order chi connectivity index (χ1) is 6.34. The van der Waals surface area contributed by atoms with Crippen LogP contribution in [0.25, 0.3) is 0 Å². The molecule has 0 saturated carbocycles. The summed E-state index contributed by atoms with van der Waals surface area (Å²) in [6.45, 7) is 0. The minimum absolute atomic E-state index is 0.579. The largest absolute Gasteiger partial charge is 0.233 e. The molecule has 0 aliphatic rings. The summed E-state index contributed by atoms with van der Waals surface area (Å²) in [7, 11) is 0. The zero-order valence-corrected chi connectivity index (χ0v) is 8.79. The molecule has 0 unspecified atom stereocenters. The predicted octanol–water partition coefficient (Wildman–Crippen LogP) is 2.21. The summed E-state index contributed by atoms with van der Waals surface area (Å²) in [5.41, 5.74) is 0. The number of halogens is 1. The van der Waals surface area contributed by atoms with Crippen molar-refractivity contribution >= 4 is 34.7 Å². The lowest BCUT2D eigenvalue weighted by Gasteiger charge is -1.90. The molecule has 7 heteroatoms. The molecule has 0 amide bonds. The van der Waals surface area contributed by atoms with Crippen molar-refractivity contribution in [1.29, 1.82) is 0 Å². The van der Waals surface area contributed by atoms with E-state index < -0.39 is 0 Å². The number of thioether (sulfide) groups is 1. The van der Waals surface area contributed by atoms with E-state index in [4.69, 9.17) is 11.6 Å². The maximum Gasteiger partial charge on any atom is 0.183 e. The third-order valence-corrected chi connectivity index (χ3v) is 3.53. The first-order valence-corrected chi connectivity index (χ1v) is 5.61. The first-order valence-electron chi connectivity index (χ1n) is 3.43. The van der Waals surface area contributed by atoms with E-state index in [0.717, 1.165) is 15.7 Å². The zero-order chi connectivity index (χ0) is 9.10. The lowest BCUT2D eigenvalue weighted by atomic mass is 10.6. The third kappa shape index (κ3) is 2.43. The van der Waals surface area contributed by atoms with Crippen LogP contribution >= 0.6 is 34.7 Å². The van der Waals surface area contributed by atoms with Crippen molar-refractivity contribution in [2.45, 2.75) is 10.8 Å². The Kier molecular flexibility index (Phi) is 2.82. The highest BCUT2D eigenvalue weighted by molar-refractivity contribution is 7.98. The van der Waals surface area contributed by atoms with E-state index in [2.05, 4.69) is 20.4 Å². The van der Waals surface area contributed by atoms with E-state index in [-0.39, 0.29) is 0 Å². The Balaban J connectivity index is 1.93. The Hall–Kier alpha value is -0.590. The molecule has 0 saturated heterocycles. The van der Waals surface area contributed by atoms with Crippen molar-refractivity contribution in [2.24, 2.45) is 0 Å². The number of thiazole rings is 1. The summed E-state index contributed by atoms with van der Waals surface area (Å²) >= 11 is 8.77. The van der Waals surface area contributed by atoms with Crippen LogP contribution in [-0.2, 0) is 5.75 Å². The van der Waals surface area contributed by atoms with E-state index in [1.54, 1.807) is 24.2 Å². The van der Waals surface area contributed by atoms with Gasteiger partial charge >= 0.3 is 0 Å². The van der Waals surface area contributed by atoms with E-state index in [9.17, 15) is 0 Å². The molecule has 0 atom stereocenters. The molecule has 0 radical (unpaired) electrons. The maximum absolute atomic E-state index is 5.69. The summed E-state index contributed by atoms with van der Waals surface area (Å²) < 4.78 is 0.579. The Morgan fingerprint density at radius 3 is 3.08 bits per heavy atom. The summed E-state index contributed by atoms with van der Waals surface area (Å²) in [4.78, 5) is 5.08. The molecular formula is C6H5ClN4S2. The van der Waals surface area contributed by atoms with Crippen LogP contribution in [0.1, 0.15) is 4.88 Å². The molecule has 0 aliphatic heterocycles. The molecule has 2 aromatic heterocycles. The number of hydrogen-bond donors (Lipinski definition) is 1. The zero-order valence-electron chi connectivity index (χ0n) is 6.40. The van der Waals surface area contributed by atoms with Crippen LogP contribution in [-0.4, -0.2) is 20.4 Å². The minimum atomic E-state index is 0.579. The molecule has 0 aliphatic carbocycles. The Morgan fingerprint density at radius 1 is 1.54 bits per heavy atom. The fourth-order valence-corrected chi connectivity index (χ4v) is 2.54. The fourth-order valence-electron chi connectivity index (χ4n) is 0.756. The van der Waals surface area contributed by atoms with Crippen molar-refractivity contribution in [3.05, 3.63) is 21.7 Å². The van der Waals surface area contributed by atoms with Crippen molar-refractivity contribution < 1.29 is 0 Å². The number of rotatable bonds is 3. The number of aromatic amines is 1. The van der Waals surface area contributed by atoms with Gasteiger partial charge < -0.3 is 0 Å². The number of nitrogens with zero attached hydrogens (tertiary/aromatic N) is 3. The predicted molar refractivity (Wildman–Crippen MR) is 53.1 cm³/mol. The van der Waals surface area contributed by atoms with Crippen LogP contribution in [0.15, 0.2) is 17.4 Å². The molecule has 68 valence electrons. The molecule has 0 fully saturated rings. The molecule has 2 rings (SSSR count). The van der Waals surface area contributed by atoms with Gasteiger partial charge in [0.25, 0.3) is 0 Å². The summed E-state index contributed by atoms with van der Waals surface area (Å²) in [5.74, 6) is 0.830. The molecule has 0 bridgehead atoms. The number of hydrogen-bond acceptors (Lipinski definition) is 5. The van der Waals surface area contributed by atoms with Gasteiger partial charge in [-0.05, 0) is 0 Å². The second-order valence-electron chi connectivity index (χ2n) is 2.18. The number of H-pyrrole nitrogens is 1. The van der Waals surface area contributed by atoms with Gasteiger partial charge in [-0.3, -0.25) is 0 Å². The molecular weight excluding hydrogens is 228 g/mol. The molecule has 13 heavy (non-hydrogen) atoms. The monoisotopic (exact) mass is 232 g/mol. The fraction of sp³-hybridized carbons (Fsp3) is 0.167. The molecule has 2 aromatic rings. The Labute approximate surface area is 87.7 Å². The number of nitrogens with one attached hydrogen (secondary N) is 1. The Morgan fingerprint density at radius 2 is 2.46 bits per heavy atom. The van der Waals surface area contributed by atoms with Crippen molar-refractivity contribution in [1.82, 2.24) is 20.4 Å². The van der Waals surface area contributed by atoms with Gasteiger partial charge in [0.2, 0.25) is 0 Å². The van der Waals surface area contributed by atoms with Crippen molar-refractivity contribution in [2.75, 3.05) is 0 Å². The van der Waals surface area contributed by atoms with Gasteiger partial charge in [0, 0.05) is 16.8 Å². The van der Waals surface area contributed by atoms with Crippen LogP contribution < -0.4 is 0 Å². The Bertz CT molecular complexity index is 372. The van der Waals surface area contributed by atoms with Gasteiger partial charge in [0.15, 0.2) is 4.47 Å². The minimum Gasteiger partial charge on any atom is -0.233 e. The van der Waals surface area contributed by atoms with Gasteiger partial charge in [-0.2, -0.15) is 10.3 Å². The van der Waals surface area contributed by atoms with Crippen LogP contribution in [0.2, 0.25) is 4.47 Å². The van der Waals surface area contributed by atoms with Crippen molar-refractivity contribution in [3.63, 3.8) is 0 Å². The quantitative estimate of drug-likeness (QED) is 0.825. The normalized spacial score (nSPS) is 10.5. The standard InChI is InChI=1S/C6H5ClN4S2/c7-6-8-1-4(13-6)3-12-5-2-9-11-10-5/h1-2H,3H2,(H,9,10,11). The van der Waals surface area contributed by atoms with Gasteiger partial charge in [-0.25, -0.2) is 4.98 Å². The van der Waals surface area contributed by atoms with Crippen molar-refractivity contribution in [3.8, 4) is 0 Å². The molecule has 0 spiro atoms. The van der Waals surface area contributed by atoms with Crippen LogP contribution in [0, 0.1) is 0 Å². The topological polar surface area (TPSA) is 54.5 Å². The highest BCUT2D eigenvalue weighted by Gasteiger charge is 2.01. The van der Waals surface area contributed by atoms with Crippen LogP contribution in [0.3, 0.4) is 0 Å². The molecule has 0 aromatic carbocycles. The van der Waals surface area contributed by atoms with E-state index in [1.807, 2.05) is 0 Å². The highest BCUT2D eigenvalue weighted by atomic mass is 35.5. The summed E-state index contributed by atoms with van der Waals surface area (Å²) in [6.07, 6.45) is 3.47. The molecule has 1 N–H and O–H groups in total. The van der Waals surface area contributed by atoms with E-state index in [0.29, 0.717) is 4.47 Å². The lowest BCUT2D eigenvalue weighted by molar-refractivity contribution is 0.911. The smallest absolute Gasteiger partial charge is 0.183 e. The highest BCUT2D eigenvalue weighted by Crippen LogP contribution is 2.25. The van der Waals surface area contributed by atoms with Crippen LogP contribution in [0.4, 0.5) is 0 Å². The summed E-state index contributed by atoms with van der Waals surface area (Å²) in [6, 6.07) is 0. The molecule has 4 nitrogen and oxygen atoms in total. The third-order valence-electron chi connectivity index (χ3n) is 1.28. The first kappa shape index (κ1) is 8.98. The average molecular weight is 233 g/mol. The lowest BCUT2D eigenvalue weighted by Crippen LogP contribution is -1.74. The van der Waals surface area contributed by atoms with Gasteiger partial charge in [-0.15, -0.1) is 16.4 Å². The van der Waals surface area contributed by atoms with Gasteiger partial charge in [0.05, 0.1) is 6.20 Å². The summed E-state index contributed by atoms with van der Waals surface area (Å²) in [5, 5.41) is 11.1. The number of aromatic nitrogens is 4.